The zero-order valence-corrected chi connectivity index (χ0v) is 21.1. The molecule has 1 fully saturated rings. The molecule has 1 saturated heterocycles. The maximum Gasteiger partial charge on any atom is 0.248 e. The first-order valence-corrected chi connectivity index (χ1v) is 12.8. The van der Waals surface area contributed by atoms with Gasteiger partial charge in [0, 0.05) is 37.5 Å². The number of benzene rings is 2. The lowest BCUT2D eigenvalue weighted by Crippen LogP contribution is -2.50. The van der Waals surface area contributed by atoms with Crippen molar-refractivity contribution >= 4 is 33.3 Å². The second-order valence-corrected chi connectivity index (χ2v) is 10.1. The molecule has 0 aliphatic carbocycles. The number of carbonyl (C=O) groups is 1. The first-order chi connectivity index (χ1) is 17.1. The lowest BCUT2D eigenvalue weighted by atomic mass is 10.1. The van der Waals surface area contributed by atoms with Gasteiger partial charge < -0.3 is 14.5 Å². The molecule has 4 aromatic rings. The molecule has 1 aliphatic heterocycles. The fourth-order valence-corrected chi connectivity index (χ4v) is 5.49. The maximum atomic E-state index is 12.7. The van der Waals surface area contributed by atoms with Gasteiger partial charge in [0.15, 0.2) is 0 Å². The van der Waals surface area contributed by atoms with E-state index in [0.717, 1.165) is 40.5 Å². The van der Waals surface area contributed by atoms with E-state index >= 15 is 0 Å². The fraction of sp³-hybridized carbons (Fsp3) is 0.321. The molecular formula is C28H30N4O2S. The lowest BCUT2D eigenvalue weighted by molar-refractivity contribution is -0.136. The van der Waals surface area contributed by atoms with Crippen molar-refractivity contribution in [2.75, 3.05) is 37.7 Å². The third kappa shape index (κ3) is 5.36. The Morgan fingerprint density at radius 3 is 2.26 bits per heavy atom. The molecule has 7 heteroatoms. The van der Waals surface area contributed by atoms with Crippen molar-refractivity contribution in [2.24, 2.45) is 0 Å². The Labute approximate surface area is 210 Å². The number of fused-ring (bicyclic) bond motifs is 1. The van der Waals surface area contributed by atoms with Gasteiger partial charge in [-0.3, -0.25) is 4.79 Å². The van der Waals surface area contributed by atoms with Crippen LogP contribution in [-0.2, 0) is 22.6 Å². The van der Waals surface area contributed by atoms with Crippen LogP contribution >= 0.6 is 11.3 Å². The van der Waals surface area contributed by atoms with Gasteiger partial charge in [-0.15, -0.1) is 11.3 Å². The van der Waals surface area contributed by atoms with Gasteiger partial charge in [0.05, 0.1) is 12.0 Å². The molecule has 0 N–H and O–H groups in total. The van der Waals surface area contributed by atoms with Gasteiger partial charge >= 0.3 is 0 Å². The van der Waals surface area contributed by atoms with Crippen LogP contribution < -0.4 is 4.90 Å². The van der Waals surface area contributed by atoms with Gasteiger partial charge in [-0.05, 0) is 30.5 Å². The van der Waals surface area contributed by atoms with Gasteiger partial charge in [0.25, 0.3) is 0 Å². The minimum atomic E-state index is 0.0424. The van der Waals surface area contributed by atoms with Crippen LogP contribution in [-0.4, -0.2) is 53.6 Å². The minimum absolute atomic E-state index is 0.0424. The highest BCUT2D eigenvalue weighted by molar-refractivity contribution is 7.18. The number of carbonyl (C=O) groups excluding carboxylic acids is 1. The second kappa shape index (κ2) is 10.5. The average Bonchev–Trinajstić information content (AvgIpc) is 3.18. The standard InChI is InChI=1S/C28H30N4O2S/c1-20-21(2)35-28-26(20)27(29-24(30-28)17-22-9-5-3-6-10-22)32-15-13-31(14-16-32)25(33)19-34-18-23-11-7-4-8-12-23/h3-12H,13-19H2,1-2H3. The molecule has 6 nitrogen and oxygen atoms in total. The van der Waals surface area contributed by atoms with Crippen LogP contribution in [0.5, 0.6) is 0 Å². The molecule has 180 valence electrons. The molecule has 0 unspecified atom stereocenters. The fourth-order valence-electron chi connectivity index (χ4n) is 4.45. The third-order valence-corrected chi connectivity index (χ3v) is 7.63. The third-order valence-electron chi connectivity index (χ3n) is 6.53. The van der Waals surface area contributed by atoms with E-state index < -0.39 is 0 Å². The highest BCUT2D eigenvalue weighted by Gasteiger charge is 2.25. The molecule has 0 saturated carbocycles. The number of amides is 1. The van der Waals surface area contributed by atoms with Crippen LogP contribution in [0.4, 0.5) is 5.82 Å². The summed E-state index contributed by atoms with van der Waals surface area (Å²) in [6, 6.07) is 20.3. The molecule has 35 heavy (non-hydrogen) atoms. The van der Waals surface area contributed by atoms with Crippen molar-refractivity contribution in [3.05, 3.63) is 88.1 Å². The van der Waals surface area contributed by atoms with Gasteiger partial charge in [-0.25, -0.2) is 9.97 Å². The first kappa shape index (κ1) is 23.5. The van der Waals surface area contributed by atoms with Crippen LogP contribution in [0.15, 0.2) is 60.7 Å². The molecule has 0 spiro atoms. The van der Waals surface area contributed by atoms with Gasteiger partial charge in [-0.2, -0.15) is 0 Å². The number of piperazine rings is 1. The summed E-state index contributed by atoms with van der Waals surface area (Å²) in [6.45, 7) is 7.68. The maximum absolute atomic E-state index is 12.7. The number of ether oxygens (including phenoxy) is 1. The predicted molar refractivity (Wildman–Crippen MR) is 141 cm³/mol. The predicted octanol–water partition coefficient (Wildman–Crippen LogP) is 4.76. The first-order valence-electron chi connectivity index (χ1n) is 12.0. The summed E-state index contributed by atoms with van der Waals surface area (Å²) in [5, 5.41) is 1.15. The molecule has 2 aromatic carbocycles. The number of rotatable bonds is 7. The number of nitrogens with zero attached hydrogens (tertiary/aromatic N) is 4. The highest BCUT2D eigenvalue weighted by atomic mass is 32.1. The van der Waals surface area contributed by atoms with E-state index in [-0.39, 0.29) is 12.5 Å². The Hall–Kier alpha value is -3.29. The van der Waals surface area contributed by atoms with Crippen LogP contribution in [0.1, 0.15) is 27.4 Å². The van der Waals surface area contributed by atoms with E-state index in [1.54, 1.807) is 11.3 Å². The molecule has 3 heterocycles. The zero-order valence-electron chi connectivity index (χ0n) is 20.2. The van der Waals surface area contributed by atoms with Gasteiger partial charge in [-0.1, -0.05) is 60.7 Å². The average molecular weight is 487 g/mol. The van der Waals surface area contributed by atoms with Crippen LogP contribution in [0.2, 0.25) is 0 Å². The number of aromatic nitrogens is 2. The van der Waals surface area contributed by atoms with Crippen molar-refractivity contribution in [1.29, 1.82) is 0 Å². The summed E-state index contributed by atoms with van der Waals surface area (Å²) in [4.78, 5) is 29.2. The molecule has 1 aliphatic rings. The molecule has 1 amide bonds. The normalized spacial score (nSPS) is 14.0. The van der Waals surface area contributed by atoms with Gasteiger partial charge in [0.1, 0.15) is 23.1 Å². The van der Waals surface area contributed by atoms with Crippen LogP contribution in [0, 0.1) is 13.8 Å². The Morgan fingerprint density at radius 2 is 1.57 bits per heavy atom. The van der Waals surface area contributed by atoms with Crippen molar-refractivity contribution in [1.82, 2.24) is 14.9 Å². The quantitative estimate of drug-likeness (QED) is 0.377. The topological polar surface area (TPSA) is 58.6 Å². The monoisotopic (exact) mass is 486 g/mol. The summed E-state index contributed by atoms with van der Waals surface area (Å²) in [5.41, 5.74) is 3.53. The minimum Gasteiger partial charge on any atom is -0.367 e. The van der Waals surface area contributed by atoms with Crippen molar-refractivity contribution in [3.63, 3.8) is 0 Å². The number of anilines is 1. The zero-order chi connectivity index (χ0) is 24.2. The lowest BCUT2D eigenvalue weighted by Gasteiger charge is -2.35. The van der Waals surface area contributed by atoms with Crippen molar-refractivity contribution in [3.8, 4) is 0 Å². The molecule has 0 radical (unpaired) electrons. The van der Waals surface area contributed by atoms with E-state index in [0.29, 0.717) is 26.1 Å². The van der Waals surface area contributed by atoms with E-state index in [4.69, 9.17) is 14.7 Å². The summed E-state index contributed by atoms with van der Waals surface area (Å²) in [7, 11) is 0. The molecule has 2 aromatic heterocycles. The van der Waals surface area contributed by atoms with Gasteiger partial charge in [0.2, 0.25) is 5.91 Å². The number of thiophene rings is 1. The smallest absolute Gasteiger partial charge is 0.248 e. The van der Waals surface area contributed by atoms with E-state index in [1.165, 1.54) is 16.0 Å². The largest absolute Gasteiger partial charge is 0.367 e. The number of hydrogen-bond donors (Lipinski definition) is 0. The van der Waals surface area contributed by atoms with Crippen LogP contribution in [0.25, 0.3) is 10.2 Å². The summed E-state index contributed by atoms with van der Waals surface area (Å²) in [6.07, 6.45) is 0.705. The summed E-state index contributed by atoms with van der Waals surface area (Å²) >= 11 is 1.74. The van der Waals surface area contributed by atoms with E-state index in [9.17, 15) is 4.79 Å². The summed E-state index contributed by atoms with van der Waals surface area (Å²) in [5.74, 6) is 1.88. The Kier molecular flexibility index (Phi) is 7.06. The van der Waals surface area contributed by atoms with Crippen molar-refractivity contribution in [2.45, 2.75) is 26.9 Å². The Bertz CT molecular complexity index is 1300. The molecule has 0 atom stereocenters. The van der Waals surface area contributed by atoms with Crippen LogP contribution in [0.3, 0.4) is 0 Å². The Balaban J connectivity index is 1.27. The highest BCUT2D eigenvalue weighted by Crippen LogP contribution is 2.35. The number of aryl methyl sites for hydroxylation is 2. The SMILES string of the molecule is Cc1sc2nc(Cc3ccccc3)nc(N3CCN(C(=O)COCc4ccccc4)CC3)c2c1C. The molecule has 0 bridgehead atoms. The second-order valence-electron chi connectivity index (χ2n) is 8.94. The number of hydrogen-bond acceptors (Lipinski definition) is 6. The molecule has 5 rings (SSSR count). The van der Waals surface area contributed by atoms with E-state index in [2.05, 4.69) is 30.9 Å². The molecular weight excluding hydrogens is 456 g/mol. The Morgan fingerprint density at radius 1 is 0.914 bits per heavy atom. The van der Waals surface area contributed by atoms with Crippen molar-refractivity contribution < 1.29 is 9.53 Å². The summed E-state index contributed by atoms with van der Waals surface area (Å²) < 4.78 is 5.67. The van der Waals surface area contributed by atoms with E-state index in [1.807, 2.05) is 53.4 Å².